The van der Waals surface area contributed by atoms with E-state index in [1.54, 1.807) is 0 Å². The lowest BCUT2D eigenvalue weighted by molar-refractivity contribution is 0.252. The molecule has 0 spiro atoms. The molecule has 1 saturated heterocycles. The summed E-state index contributed by atoms with van der Waals surface area (Å²) < 4.78 is 30.9. The third-order valence-corrected chi connectivity index (χ3v) is 5.98. The topological polar surface area (TPSA) is 107 Å². The standard InChI is InChI=1S/C16H26N6O4S/c1-6-22-10-9-21(4)16(22)19-18-15(23)17-13-11-12(7-8-14(13)26-5)27(24,25)20(2)3/h7-8,11H,6,9-10H2,1-5H3,(H2,17,18,23)/b19-16+. The Balaban J connectivity index is 2.19. The van der Waals surface area contributed by atoms with Gasteiger partial charge < -0.3 is 19.9 Å². The maximum Gasteiger partial charge on any atom is 0.339 e. The molecule has 0 atom stereocenters. The molecular formula is C16H26N6O4S. The van der Waals surface area contributed by atoms with Gasteiger partial charge in [-0.2, -0.15) is 0 Å². The van der Waals surface area contributed by atoms with E-state index in [-0.39, 0.29) is 10.6 Å². The second kappa shape index (κ2) is 8.44. The molecule has 0 bridgehead atoms. The second-order valence-corrected chi connectivity index (χ2v) is 8.28. The lowest BCUT2D eigenvalue weighted by Gasteiger charge is -2.18. The van der Waals surface area contributed by atoms with Gasteiger partial charge in [-0.1, -0.05) is 0 Å². The van der Waals surface area contributed by atoms with Crippen LogP contribution in [0.25, 0.3) is 0 Å². The third kappa shape index (κ3) is 4.61. The van der Waals surface area contributed by atoms with Gasteiger partial charge in [0.2, 0.25) is 16.0 Å². The highest BCUT2D eigenvalue weighted by molar-refractivity contribution is 7.89. The smallest absolute Gasteiger partial charge is 0.339 e. The summed E-state index contributed by atoms with van der Waals surface area (Å²) in [4.78, 5) is 16.3. The summed E-state index contributed by atoms with van der Waals surface area (Å²) in [6, 6.07) is 3.66. The van der Waals surface area contributed by atoms with E-state index < -0.39 is 16.1 Å². The zero-order chi connectivity index (χ0) is 20.2. The number of hydrogen-bond donors (Lipinski definition) is 2. The van der Waals surface area contributed by atoms with E-state index in [1.165, 1.54) is 39.4 Å². The Morgan fingerprint density at radius 2 is 2.04 bits per heavy atom. The molecule has 0 aromatic heterocycles. The molecule has 1 aliphatic heterocycles. The Hall–Kier alpha value is -2.53. The van der Waals surface area contributed by atoms with Gasteiger partial charge in [-0.05, 0) is 25.1 Å². The zero-order valence-corrected chi connectivity index (χ0v) is 17.0. The maximum absolute atomic E-state index is 12.3. The molecule has 10 nitrogen and oxygen atoms in total. The van der Waals surface area contributed by atoms with Crippen molar-refractivity contribution < 1.29 is 17.9 Å². The van der Waals surface area contributed by atoms with E-state index >= 15 is 0 Å². The molecule has 0 radical (unpaired) electrons. The Morgan fingerprint density at radius 1 is 1.33 bits per heavy atom. The highest BCUT2D eigenvalue weighted by Crippen LogP contribution is 2.28. The highest BCUT2D eigenvalue weighted by atomic mass is 32.2. The number of amides is 2. The number of hydrazone groups is 1. The van der Waals surface area contributed by atoms with Gasteiger partial charge in [0.05, 0.1) is 17.7 Å². The fourth-order valence-corrected chi connectivity index (χ4v) is 3.50. The van der Waals surface area contributed by atoms with E-state index in [9.17, 15) is 13.2 Å². The summed E-state index contributed by atoms with van der Waals surface area (Å²) in [5.41, 5.74) is 2.67. The molecule has 0 saturated carbocycles. The van der Waals surface area contributed by atoms with Gasteiger partial charge in [-0.25, -0.2) is 22.9 Å². The normalized spacial score (nSPS) is 16.1. The molecule has 1 aromatic rings. The number of guanidine groups is 1. The number of likely N-dealkylation sites (N-methyl/N-ethyl adjacent to an activating group) is 2. The number of carbonyl (C=O) groups excluding carboxylic acids is 1. The molecule has 2 rings (SSSR count). The van der Waals surface area contributed by atoms with Crippen LogP contribution < -0.4 is 15.5 Å². The first-order valence-corrected chi connectivity index (χ1v) is 9.86. The minimum absolute atomic E-state index is 0.0441. The number of urea groups is 1. The molecule has 1 aromatic carbocycles. The van der Waals surface area contributed by atoms with Crippen molar-refractivity contribution in [2.24, 2.45) is 5.10 Å². The number of anilines is 1. The molecule has 0 unspecified atom stereocenters. The van der Waals surface area contributed by atoms with Crippen LogP contribution in [0.2, 0.25) is 0 Å². The molecule has 2 N–H and O–H groups in total. The molecule has 2 amide bonds. The summed E-state index contributed by atoms with van der Waals surface area (Å²) in [6.07, 6.45) is 0. The van der Waals surface area contributed by atoms with Crippen LogP contribution in [0.15, 0.2) is 28.2 Å². The van der Waals surface area contributed by atoms with Gasteiger partial charge in [-0.15, -0.1) is 5.10 Å². The molecule has 150 valence electrons. The second-order valence-electron chi connectivity index (χ2n) is 6.13. The monoisotopic (exact) mass is 398 g/mol. The summed E-state index contributed by atoms with van der Waals surface area (Å²) in [6.45, 7) is 4.46. The molecule has 27 heavy (non-hydrogen) atoms. The lowest BCUT2D eigenvalue weighted by atomic mass is 10.3. The fraction of sp³-hybridized carbons (Fsp3) is 0.500. The summed E-state index contributed by atoms with van der Waals surface area (Å²) in [5.74, 6) is 1.01. The first kappa shape index (κ1) is 20.8. The van der Waals surface area contributed by atoms with Crippen LogP contribution in [0.5, 0.6) is 5.75 Å². The van der Waals surface area contributed by atoms with E-state index in [0.717, 1.165) is 23.9 Å². The van der Waals surface area contributed by atoms with Gasteiger partial charge in [0.15, 0.2) is 0 Å². The van der Waals surface area contributed by atoms with E-state index in [4.69, 9.17) is 4.74 Å². The summed E-state index contributed by atoms with van der Waals surface area (Å²) in [7, 11) is 2.57. The van der Waals surface area contributed by atoms with Gasteiger partial charge in [0.25, 0.3) is 0 Å². The largest absolute Gasteiger partial charge is 0.495 e. The van der Waals surface area contributed by atoms with Gasteiger partial charge in [-0.3, -0.25) is 0 Å². The van der Waals surface area contributed by atoms with Crippen LogP contribution in [0.1, 0.15) is 6.92 Å². The average Bonchev–Trinajstić information content (AvgIpc) is 2.99. The number of methoxy groups -OCH3 is 1. The highest BCUT2D eigenvalue weighted by Gasteiger charge is 2.23. The minimum Gasteiger partial charge on any atom is -0.495 e. The SMILES string of the molecule is CCN1CCN(C)/C1=N\NC(=O)Nc1cc(S(=O)(=O)N(C)C)ccc1OC. The molecule has 1 aliphatic rings. The number of benzene rings is 1. The molecule has 11 heteroatoms. The maximum atomic E-state index is 12.3. The average molecular weight is 398 g/mol. The molecular weight excluding hydrogens is 372 g/mol. The Kier molecular flexibility index (Phi) is 6.50. The van der Waals surface area contributed by atoms with Crippen molar-refractivity contribution in [3.8, 4) is 5.75 Å². The van der Waals surface area contributed by atoms with Crippen LogP contribution in [-0.2, 0) is 10.0 Å². The van der Waals surface area contributed by atoms with E-state index in [0.29, 0.717) is 11.7 Å². The number of ether oxygens (including phenoxy) is 1. The van der Waals surface area contributed by atoms with Crippen molar-refractivity contribution in [2.75, 3.05) is 53.2 Å². The minimum atomic E-state index is -3.64. The van der Waals surface area contributed by atoms with E-state index in [2.05, 4.69) is 15.8 Å². The first-order valence-electron chi connectivity index (χ1n) is 8.42. The predicted octanol–water partition coefficient (Wildman–Crippen LogP) is 0.605. The van der Waals surface area contributed by atoms with Crippen LogP contribution in [0, 0.1) is 0 Å². The third-order valence-electron chi connectivity index (χ3n) is 4.17. The van der Waals surface area contributed by atoms with Crippen LogP contribution in [-0.4, -0.2) is 82.4 Å². The van der Waals surface area contributed by atoms with Crippen molar-refractivity contribution in [1.29, 1.82) is 0 Å². The summed E-state index contributed by atoms with van der Waals surface area (Å²) >= 11 is 0. The Labute approximate surface area is 159 Å². The van der Waals surface area contributed by atoms with Crippen LogP contribution in [0.3, 0.4) is 0 Å². The number of sulfonamides is 1. The zero-order valence-electron chi connectivity index (χ0n) is 16.2. The molecule has 0 aliphatic carbocycles. The Morgan fingerprint density at radius 3 is 2.63 bits per heavy atom. The predicted molar refractivity (Wildman–Crippen MR) is 103 cm³/mol. The first-order chi connectivity index (χ1) is 12.7. The quantitative estimate of drug-likeness (QED) is 0.680. The lowest BCUT2D eigenvalue weighted by Crippen LogP contribution is -2.35. The van der Waals surface area contributed by atoms with Gasteiger partial charge in [0, 0.05) is 40.8 Å². The van der Waals surface area contributed by atoms with Crippen LogP contribution in [0.4, 0.5) is 10.5 Å². The molecule has 1 heterocycles. The van der Waals surface area contributed by atoms with E-state index in [1.807, 2.05) is 23.8 Å². The van der Waals surface area contributed by atoms with Crippen molar-refractivity contribution in [2.45, 2.75) is 11.8 Å². The van der Waals surface area contributed by atoms with Crippen LogP contribution >= 0.6 is 0 Å². The van der Waals surface area contributed by atoms with Gasteiger partial charge in [0.1, 0.15) is 5.75 Å². The molecule has 1 fully saturated rings. The number of rotatable bonds is 6. The van der Waals surface area contributed by atoms with Gasteiger partial charge >= 0.3 is 6.03 Å². The number of nitrogens with zero attached hydrogens (tertiary/aromatic N) is 4. The number of hydrogen-bond acceptors (Lipinski definition) is 5. The van der Waals surface area contributed by atoms with Crippen molar-refractivity contribution in [3.63, 3.8) is 0 Å². The van der Waals surface area contributed by atoms with Crippen molar-refractivity contribution in [3.05, 3.63) is 18.2 Å². The summed E-state index contributed by atoms with van der Waals surface area (Å²) in [5, 5.41) is 6.73. The van der Waals surface area contributed by atoms with Crippen molar-refractivity contribution in [1.82, 2.24) is 19.5 Å². The fourth-order valence-electron chi connectivity index (χ4n) is 2.57. The number of carbonyl (C=O) groups is 1. The van der Waals surface area contributed by atoms with Crippen molar-refractivity contribution >= 4 is 27.7 Å². The number of nitrogens with one attached hydrogen (secondary N) is 2. The Bertz CT molecular complexity index is 824.